The summed E-state index contributed by atoms with van der Waals surface area (Å²) in [5.74, 6) is 0.204. The topological polar surface area (TPSA) is 113 Å². The summed E-state index contributed by atoms with van der Waals surface area (Å²) in [6.07, 6.45) is 1.76. The Morgan fingerprint density at radius 2 is 1.85 bits per heavy atom. The van der Waals surface area contributed by atoms with Gasteiger partial charge in [-0.05, 0) is 6.42 Å². The Morgan fingerprint density at radius 3 is 1.92 bits per heavy atom. The van der Waals surface area contributed by atoms with Crippen LogP contribution < -0.4 is 5.32 Å². The maximum Gasteiger partial charge on any atom is 0.323 e. The van der Waals surface area contributed by atoms with Crippen LogP contribution in [-0.2, 0) is 18.2 Å². The summed E-state index contributed by atoms with van der Waals surface area (Å²) in [6.45, 7) is 0.888. The summed E-state index contributed by atoms with van der Waals surface area (Å²) < 4.78 is 22.3. The SMILES string of the molecule is O=C1CCCN1.O=[PH](O)O[PH](=O)O. The highest BCUT2D eigenvalue weighted by Gasteiger charge is 2.05. The van der Waals surface area contributed by atoms with Gasteiger partial charge in [-0.3, -0.25) is 13.9 Å². The maximum absolute atomic E-state index is 10.1. The van der Waals surface area contributed by atoms with Crippen molar-refractivity contribution >= 4 is 22.4 Å². The zero-order valence-corrected chi connectivity index (χ0v) is 8.65. The molecule has 1 saturated heterocycles. The average molecular weight is 231 g/mol. The Labute approximate surface area is 76.0 Å². The second-order valence-corrected chi connectivity index (χ2v) is 3.97. The molecule has 0 bridgehead atoms. The zero-order valence-electron chi connectivity index (χ0n) is 6.65. The molecule has 0 saturated carbocycles. The zero-order chi connectivity index (χ0) is 10.3. The normalized spacial score (nSPS) is 19.7. The molecule has 9 heteroatoms. The van der Waals surface area contributed by atoms with E-state index in [0.717, 1.165) is 19.4 Å². The summed E-state index contributed by atoms with van der Waals surface area (Å²) >= 11 is 0. The maximum atomic E-state index is 10.1. The molecule has 1 heterocycles. The van der Waals surface area contributed by atoms with Gasteiger partial charge >= 0.3 is 16.5 Å². The molecule has 2 atom stereocenters. The second kappa shape index (κ2) is 7.24. The molecule has 0 aromatic carbocycles. The van der Waals surface area contributed by atoms with Crippen LogP contribution in [-0.4, -0.2) is 22.2 Å². The number of rotatable bonds is 2. The van der Waals surface area contributed by atoms with Crippen molar-refractivity contribution in [3.8, 4) is 0 Å². The lowest BCUT2D eigenvalue weighted by Crippen LogP contribution is -2.12. The lowest BCUT2D eigenvalue weighted by molar-refractivity contribution is -0.119. The van der Waals surface area contributed by atoms with Crippen LogP contribution in [0.4, 0.5) is 0 Å². The Kier molecular flexibility index (Phi) is 7.13. The van der Waals surface area contributed by atoms with Crippen molar-refractivity contribution in [2.75, 3.05) is 6.54 Å². The van der Waals surface area contributed by atoms with Crippen LogP contribution in [0.5, 0.6) is 0 Å². The van der Waals surface area contributed by atoms with Gasteiger partial charge in [0.1, 0.15) is 0 Å². The van der Waals surface area contributed by atoms with Crippen molar-refractivity contribution in [3.63, 3.8) is 0 Å². The molecule has 1 aliphatic rings. The van der Waals surface area contributed by atoms with Gasteiger partial charge in [-0.15, -0.1) is 0 Å². The van der Waals surface area contributed by atoms with Gasteiger partial charge in [0.15, 0.2) is 0 Å². The van der Waals surface area contributed by atoms with Crippen LogP contribution in [0.25, 0.3) is 0 Å². The molecule has 1 rings (SSSR count). The Morgan fingerprint density at radius 1 is 1.31 bits per heavy atom. The van der Waals surface area contributed by atoms with E-state index >= 15 is 0 Å². The van der Waals surface area contributed by atoms with Gasteiger partial charge in [0.05, 0.1) is 0 Å². The van der Waals surface area contributed by atoms with Gasteiger partial charge in [0, 0.05) is 13.0 Å². The average Bonchev–Trinajstić information content (AvgIpc) is 2.37. The van der Waals surface area contributed by atoms with Crippen molar-refractivity contribution in [2.45, 2.75) is 12.8 Å². The van der Waals surface area contributed by atoms with Crippen LogP contribution >= 0.6 is 16.5 Å². The third-order valence-electron chi connectivity index (χ3n) is 1.08. The first kappa shape index (κ1) is 12.8. The molecule has 0 aromatic heterocycles. The van der Waals surface area contributed by atoms with Crippen molar-refractivity contribution in [2.24, 2.45) is 0 Å². The number of hydrogen-bond donors (Lipinski definition) is 3. The fourth-order valence-corrected chi connectivity index (χ4v) is 1.24. The van der Waals surface area contributed by atoms with Gasteiger partial charge < -0.3 is 15.1 Å². The third-order valence-corrected chi connectivity index (χ3v) is 2.47. The van der Waals surface area contributed by atoms with Crippen molar-refractivity contribution < 1.29 is 28.0 Å². The predicted octanol–water partition coefficient (Wildman–Crippen LogP) is -0.337. The lowest BCUT2D eigenvalue weighted by Gasteiger charge is -1.86. The summed E-state index contributed by atoms with van der Waals surface area (Å²) in [7, 11) is -6.40. The number of amides is 1. The minimum absolute atomic E-state index is 0.204. The summed E-state index contributed by atoms with van der Waals surface area (Å²) in [6, 6.07) is 0. The van der Waals surface area contributed by atoms with Crippen LogP contribution in [0, 0.1) is 0 Å². The number of carbonyl (C=O) groups excluding carboxylic acids is 1. The summed E-state index contributed by atoms with van der Waals surface area (Å²) in [4.78, 5) is 25.6. The van der Waals surface area contributed by atoms with Crippen LogP contribution in [0.1, 0.15) is 12.8 Å². The van der Waals surface area contributed by atoms with Crippen molar-refractivity contribution in [1.29, 1.82) is 0 Å². The number of hydrogen-bond acceptors (Lipinski definition) is 4. The third kappa shape index (κ3) is 9.73. The minimum Gasteiger partial charge on any atom is -0.356 e. The molecule has 2 unspecified atom stereocenters. The summed E-state index contributed by atoms with van der Waals surface area (Å²) in [5, 5.41) is 2.68. The van der Waals surface area contributed by atoms with E-state index in [-0.39, 0.29) is 5.91 Å². The van der Waals surface area contributed by atoms with Gasteiger partial charge in [0.25, 0.3) is 0 Å². The smallest absolute Gasteiger partial charge is 0.323 e. The van der Waals surface area contributed by atoms with Crippen molar-refractivity contribution in [1.82, 2.24) is 5.32 Å². The number of nitrogens with one attached hydrogen (secondary N) is 1. The Balaban J connectivity index is 0.000000223. The molecule has 0 radical (unpaired) electrons. The molecule has 0 aliphatic carbocycles. The van der Waals surface area contributed by atoms with Gasteiger partial charge in [0.2, 0.25) is 5.91 Å². The standard InChI is InChI=1S/C4H7NO.H4O5P2/c6-4-2-1-3-5-4;1-6(2)5-7(3)4/h1-3H2,(H,5,6);6-7H,(H,1,2)(H,3,4). The molecular weight excluding hydrogens is 220 g/mol. The molecule has 0 spiro atoms. The molecule has 1 aliphatic heterocycles. The van der Waals surface area contributed by atoms with Crippen LogP contribution in [0.3, 0.4) is 0 Å². The number of carbonyl (C=O) groups is 1. The minimum atomic E-state index is -3.20. The van der Waals surface area contributed by atoms with E-state index in [1.54, 1.807) is 0 Å². The monoisotopic (exact) mass is 231 g/mol. The van der Waals surface area contributed by atoms with E-state index < -0.39 is 16.5 Å². The summed E-state index contributed by atoms with van der Waals surface area (Å²) in [5.41, 5.74) is 0. The Bertz CT molecular complexity index is 199. The molecule has 3 N–H and O–H groups in total. The highest BCUT2D eigenvalue weighted by molar-refractivity contribution is 7.46. The van der Waals surface area contributed by atoms with E-state index in [1.165, 1.54) is 0 Å². The quantitative estimate of drug-likeness (QED) is 0.560. The highest BCUT2D eigenvalue weighted by Crippen LogP contribution is 2.30. The van der Waals surface area contributed by atoms with Crippen LogP contribution in [0.15, 0.2) is 0 Å². The molecule has 0 aromatic rings. The fourth-order valence-electron chi connectivity index (χ4n) is 0.640. The first-order valence-corrected chi connectivity index (χ1v) is 5.95. The van der Waals surface area contributed by atoms with E-state index in [4.69, 9.17) is 9.79 Å². The highest BCUT2D eigenvalue weighted by atomic mass is 31.2. The molecule has 78 valence electrons. The molecule has 1 amide bonds. The molecule has 1 fully saturated rings. The van der Waals surface area contributed by atoms with Gasteiger partial charge in [-0.1, -0.05) is 0 Å². The van der Waals surface area contributed by atoms with E-state index in [2.05, 4.69) is 9.63 Å². The van der Waals surface area contributed by atoms with Crippen LogP contribution in [0.2, 0.25) is 0 Å². The van der Waals surface area contributed by atoms with E-state index in [0.29, 0.717) is 0 Å². The molecular formula is C4H11NO6P2. The predicted molar refractivity (Wildman–Crippen MR) is 45.8 cm³/mol. The largest absolute Gasteiger partial charge is 0.356 e. The van der Waals surface area contributed by atoms with Gasteiger partial charge in [-0.25, -0.2) is 4.31 Å². The van der Waals surface area contributed by atoms with Gasteiger partial charge in [-0.2, -0.15) is 0 Å². The molecule has 13 heavy (non-hydrogen) atoms. The first-order valence-electron chi connectivity index (χ1n) is 3.42. The van der Waals surface area contributed by atoms with E-state index in [9.17, 15) is 13.9 Å². The lowest BCUT2D eigenvalue weighted by atomic mass is 10.4. The van der Waals surface area contributed by atoms with Crippen molar-refractivity contribution in [3.05, 3.63) is 0 Å². The first-order chi connectivity index (χ1) is 6.02. The molecule has 7 nitrogen and oxygen atoms in total. The van der Waals surface area contributed by atoms with E-state index in [1.807, 2.05) is 0 Å². The second-order valence-electron chi connectivity index (χ2n) is 2.09. The fraction of sp³-hybridized carbons (Fsp3) is 0.750. The Hall–Kier alpha value is -0.190.